The van der Waals surface area contributed by atoms with Gasteiger partial charge < -0.3 is 14.8 Å². The maximum absolute atomic E-state index is 13.7. The molecule has 0 unspecified atom stereocenters. The summed E-state index contributed by atoms with van der Waals surface area (Å²) in [5.41, 5.74) is 3.62. The van der Waals surface area contributed by atoms with E-state index in [1.807, 2.05) is 55.5 Å². The second kappa shape index (κ2) is 11.4. The number of ether oxygens (including phenoxy) is 2. The van der Waals surface area contributed by atoms with Gasteiger partial charge in [0, 0.05) is 11.0 Å². The molecule has 0 bridgehead atoms. The van der Waals surface area contributed by atoms with Gasteiger partial charge >= 0.3 is 0 Å². The Morgan fingerprint density at radius 3 is 2.25 bits per heavy atom. The van der Waals surface area contributed by atoms with Crippen molar-refractivity contribution in [2.24, 2.45) is 0 Å². The normalized spacial score (nSPS) is 13.4. The molecule has 3 aromatic rings. The molecule has 1 aliphatic rings. The van der Waals surface area contributed by atoms with Crippen LogP contribution in [0.1, 0.15) is 30.9 Å². The molecule has 0 saturated heterocycles. The molecule has 0 radical (unpaired) electrons. The highest BCUT2D eigenvalue weighted by Crippen LogP contribution is 2.39. The van der Waals surface area contributed by atoms with Crippen molar-refractivity contribution in [1.29, 1.82) is 0 Å². The van der Waals surface area contributed by atoms with E-state index < -0.39 is 5.91 Å². The number of carbonyl (C=O) groups excluding carboxylic acids is 2. The van der Waals surface area contributed by atoms with Crippen molar-refractivity contribution in [3.05, 3.63) is 88.5 Å². The second-order valence-corrected chi connectivity index (χ2v) is 9.61. The number of benzene rings is 3. The first-order valence-electron chi connectivity index (χ1n) is 11.9. The average Bonchev–Trinajstić information content (AvgIpc) is 3.13. The molecule has 36 heavy (non-hydrogen) atoms. The van der Waals surface area contributed by atoms with Crippen LogP contribution in [0.5, 0.6) is 11.5 Å². The SMILES string of the molecule is CCCCc1ccc(N2C(=O)C(Nc3ccc(OC)cc3OC)=C(Sc3ccc(C)cc3)C2=O)cc1. The molecule has 0 fully saturated rings. The Kier molecular flexibility index (Phi) is 8.00. The lowest BCUT2D eigenvalue weighted by molar-refractivity contribution is -0.120. The topological polar surface area (TPSA) is 67.9 Å². The van der Waals surface area contributed by atoms with Crippen molar-refractivity contribution >= 4 is 35.0 Å². The summed E-state index contributed by atoms with van der Waals surface area (Å²) in [6.07, 6.45) is 3.17. The second-order valence-electron chi connectivity index (χ2n) is 8.53. The van der Waals surface area contributed by atoms with Crippen molar-refractivity contribution in [3.63, 3.8) is 0 Å². The van der Waals surface area contributed by atoms with Crippen molar-refractivity contribution in [3.8, 4) is 11.5 Å². The summed E-state index contributed by atoms with van der Waals surface area (Å²) >= 11 is 1.27. The fourth-order valence-electron chi connectivity index (χ4n) is 3.90. The van der Waals surface area contributed by atoms with Gasteiger partial charge in [-0.25, -0.2) is 4.90 Å². The Labute approximate surface area is 216 Å². The number of hydrogen-bond acceptors (Lipinski definition) is 6. The van der Waals surface area contributed by atoms with Gasteiger partial charge in [-0.05, 0) is 61.7 Å². The van der Waals surface area contributed by atoms with E-state index in [2.05, 4.69) is 12.2 Å². The first kappa shape index (κ1) is 25.4. The smallest absolute Gasteiger partial charge is 0.283 e. The van der Waals surface area contributed by atoms with Crippen LogP contribution in [0.15, 0.2) is 82.2 Å². The van der Waals surface area contributed by atoms with E-state index in [4.69, 9.17) is 9.47 Å². The predicted molar refractivity (Wildman–Crippen MR) is 145 cm³/mol. The molecule has 1 aliphatic heterocycles. The number of methoxy groups -OCH3 is 2. The van der Waals surface area contributed by atoms with E-state index in [1.54, 1.807) is 32.4 Å². The van der Waals surface area contributed by atoms with Crippen molar-refractivity contribution in [2.45, 2.75) is 38.0 Å². The standard InChI is InChI=1S/C29H30N2O4S/c1-5-6-7-20-10-12-21(13-11-20)31-28(32)26(30-24-17-14-22(34-3)18-25(24)35-4)27(29(31)33)36-23-15-8-19(2)9-16-23/h8-18,30H,5-7H2,1-4H3. The van der Waals surface area contributed by atoms with Gasteiger partial charge in [0.1, 0.15) is 22.1 Å². The van der Waals surface area contributed by atoms with Crippen molar-refractivity contribution in [1.82, 2.24) is 0 Å². The third-order valence-electron chi connectivity index (χ3n) is 5.96. The van der Waals surface area contributed by atoms with Crippen LogP contribution in [-0.4, -0.2) is 26.0 Å². The summed E-state index contributed by atoms with van der Waals surface area (Å²) in [5.74, 6) is 0.357. The number of nitrogens with one attached hydrogen (secondary N) is 1. The van der Waals surface area contributed by atoms with Crippen LogP contribution in [0, 0.1) is 6.92 Å². The number of aryl methyl sites for hydroxylation is 2. The lowest BCUT2D eigenvalue weighted by Gasteiger charge is -2.16. The molecule has 3 aromatic carbocycles. The highest BCUT2D eigenvalue weighted by atomic mass is 32.2. The van der Waals surface area contributed by atoms with E-state index in [0.717, 1.165) is 29.7 Å². The monoisotopic (exact) mass is 502 g/mol. The highest BCUT2D eigenvalue weighted by Gasteiger charge is 2.40. The van der Waals surface area contributed by atoms with E-state index in [9.17, 15) is 9.59 Å². The quantitative estimate of drug-likeness (QED) is 0.326. The molecule has 0 spiro atoms. The summed E-state index contributed by atoms with van der Waals surface area (Å²) in [4.78, 5) is 29.7. The molecule has 6 nitrogen and oxygen atoms in total. The zero-order valence-corrected chi connectivity index (χ0v) is 21.8. The number of anilines is 2. The highest BCUT2D eigenvalue weighted by molar-refractivity contribution is 8.04. The molecule has 2 amide bonds. The summed E-state index contributed by atoms with van der Waals surface area (Å²) in [5, 5.41) is 3.18. The maximum atomic E-state index is 13.7. The zero-order chi connectivity index (χ0) is 25.7. The van der Waals surface area contributed by atoms with Gasteiger partial charge in [-0.3, -0.25) is 9.59 Å². The Morgan fingerprint density at radius 2 is 1.61 bits per heavy atom. The van der Waals surface area contributed by atoms with Crippen LogP contribution in [-0.2, 0) is 16.0 Å². The van der Waals surface area contributed by atoms with E-state index in [-0.39, 0.29) is 11.6 Å². The molecule has 0 aliphatic carbocycles. The van der Waals surface area contributed by atoms with Gasteiger partial charge in [0.25, 0.3) is 11.8 Å². The lowest BCUT2D eigenvalue weighted by Crippen LogP contribution is -2.32. The van der Waals surface area contributed by atoms with E-state index in [0.29, 0.717) is 27.8 Å². The number of nitrogens with zero attached hydrogens (tertiary/aromatic N) is 1. The molecule has 0 aromatic heterocycles. The van der Waals surface area contributed by atoms with E-state index in [1.165, 1.54) is 22.2 Å². The maximum Gasteiger partial charge on any atom is 0.283 e. The number of imide groups is 1. The summed E-state index contributed by atoms with van der Waals surface area (Å²) in [6, 6.07) is 20.8. The minimum atomic E-state index is -0.409. The number of hydrogen-bond donors (Lipinski definition) is 1. The van der Waals surface area contributed by atoms with Gasteiger partial charge in [-0.1, -0.05) is 54.9 Å². The third-order valence-corrected chi connectivity index (χ3v) is 7.05. The molecule has 0 saturated carbocycles. The molecule has 1 N–H and O–H groups in total. The summed E-state index contributed by atoms with van der Waals surface area (Å²) in [7, 11) is 3.12. The first-order valence-corrected chi connectivity index (χ1v) is 12.7. The predicted octanol–water partition coefficient (Wildman–Crippen LogP) is 6.34. The van der Waals surface area contributed by atoms with Crippen molar-refractivity contribution in [2.75, 3.05) is 24.4 Å². The average molecular weight is 503 g/mol. The van der Waals surface area contributed by atoms with Gasteiger partial charge in [0.05, 0.1) is 25.6 Å². The first-order chi connectivity index (χ1) is 17.4. The van der Waals surface area contributed by atoms with Gasteiger partial charge in [-0.2, -0.15) is 0 Å². The Bertz CT molecular complexity index is 1280. The fourth-order valence-corrected chi connectivity index (χ4v) is 4.83. The van der Waals surface area contributed by atoms with Crippen LogP contribution in [0.2, 0.25) is 0 Å². The van der Waals surface area contributed by atoms with Gasteiger partial charge in [-0.15, -0.1) is 0 Å². The Hall–Kier alpha value is -3.71. The van der Waals surface area contributed by atoms with E-state index >= 15 is 0 Å². The summed E-state index contributed by atoms with van der Waals surface area (Å²) in [6.45, 7) is 4.16. The van der Waals surface area contributed by atoms with Crippen LogP contribution in [0.3, 0.4) is 0 Å². The number of thioether (sulfide) groups is 1. The molecular formula is C29H30N2O4S. The fraction of sp³-hybridized carbons (Fsp3) is 0.241. The van der Waals surface area contributed by atoms with Crippen LogP contribution in [0.25, 0.3) is 0 Å². The molecule has 1 heterocycles. The van der Waals surface area contributed by atoms with Crippen LogP contribution in [0.4, 0.5) is 11.4 Å². The number of rotatable bonds is 10. The molecular weight excluding hydrogens is 472 g/mol. The minimum absolute atomic E-state index is 0.212. The number of unbranched alkanes of at least 4 members (excludes halogenated alkanes) is 1. The van der Waals surface area contributed by atoms with Crippen LogP contribution < -0.4 is 19.7 Å². The molecule has 7 heteroatoms. The molecule has 186 valence electrons. The minimum Gasteiger partial charge on any atom is -0.497 e. The molecule has 0 atom stereocenters. The zero-order valence-electron chi connectivity index (χ0n) is 21.0. The number of carbonyl (C=O) groups is 2. The largest absolute Gasteiger partial charge is 0.497 e. The van der Waals surface area contributed by atoms with Gasteiger partial charge in [0.2, 0.25) is 0 Å². The third kappa shape index (κ3) is 5.41. The Morgan fingerprint density at radius 1 is 0.889 bits per heavy atom. The van der Waals surface area contributed by atoms with Crippen LogP contribution >= 0.6 is 11.8 Å². The Balaban J connectivity index is 1.70. The summed E-state index contributed by atoms with van der Waals surface area (Å²) < 4.78 is 10.8. The lowest BCUT2D eigenvalue weighted by atomic mass is 10.1. The number of amides is 2. The molecule has 4 rings (SSSR count). The van der Waals surface area contributed by atoms with Crippen molar-refractivity contribution < 1.29 is 19.1 Å². The van der Waals surface area contributed by atoms with Gasteiger partial charge in [0.15, 0.2) is 0 Å².